The Morgan fingerprint density at radius 1 is 1.40 bits per heavy atom. The molecule has 0 atom stereocenters. The fourth-order valence-electron chi connectivity index (χ4n) is 1.47. The summed E-state index contributed by atoms with van der Waals surface area (Å²) < 4.78 is 1.71. The van der Waals surface area contributed by atoms with E-state index in [1.54, 1.807) is 10.9 Å². The van der Waals surface area contributed by atoms with Gasteiger partial charge in [-0.1, -0.05) is 29.8 Å². The number of aromatic nitrogens is 2. The Kier molecular flexibility index (Phi) is 2.75. The minimum atomic E-state index is 0.407. The highest BCUT2D eigenvalue weighted by Crippen LogP contribution is 2.21. The molecular weight excluding hydrogens is 210 g/mol. The SMILES string of the molecule is Cc1ccccc1-n1ncc(CN)c1Cl. The molecule has 0 radical (unpaired) electrons. The van der Waals surface area contributed by atoms with E-state index in [0.29, 0.717) is 11.7 Å². The Morgan fingerprint density at radius 2 is 2.13 bits per heavy atom. The molecule has 15 heavy (non-hydrogen) atoms. The molecule has 0 fully saturated rings. The molecule has 2 aromatic rings. The number of nitrogens with two attached hydrogens (primary N) is 1. The van der Waals surface area contributed by atoms with Crippen LogP contribution >= 0.6 is 11.6 Å². The number of hydrogen-bond acceptors (Lipinski definition) is 2. The van der Waals surface area contributed by atoms with Crippen LogP contribution in [0.5, 0.6) is 0 Å². The van der Waals surface area contributed by atoms with Gasteiger partial charge in [0.05, 0.1) is 11.9 Å². The predicted octanol–water partition coefficient (Wildman–Crippen LogP) is 2.29. The van der Waals surface area contributed by atoms with Gasteiger partial charge in [0, 0.05) is 12.1 Å². The van der Waals surface area contributed by atoms with Crippen molar-refractivity contribution >= 4 is 11.6 Å². The van der Waals surface area contributed by atoms with Crippen molar-refractivity contribution in [3.63, 3.8) is 0 Å². The Morgan fingerprint density at radius 3 is 2.73 bits per heavy atom. The maximum Gasteiger partial charge on any atom is 0.137 e. The topological polar surface area (TPSA) is 43.8 Å². The second-order valence-electron chi connectivity index (χ2n) is 3.36. The molecule has 0 saturated heterocycles. The summed E-state index contributed by atoms with van der Waals surface area (Å²) in [5.74, 6) is 0. The summed E-state index contributed by atoms with van der Waals surface area (Å²) in [5, 5.41) is 4.81. The molecule has 0 bridgehead atoms. The van der Waals surface area contributed by atoms with Crippen molar-refractivity contribution in [3.05, 3.63) is 46.7 Å². The van der Waals surface area contributed by atoms with Crippen LogP contribution in [0.1, 0.15) is 11.1 Å². The zero-order valence-corrected chi connectivity index (χ0v) is 9.20. The summed E-state index contributed by atoms with van der Waals surface area (Å²) in [4.78, 5) is 0. The number of halogens is 1. The first-order chi connectivity index (χ1) is 7.24. The van der Waals surface area contributed by atoms with Gasteiger partial charge in [-0.05, 0) is 18.6 Å². The molecule has 78 valence electrons. The van der Waals surface area contributed by atoms with Crippen LogP contribution < -0.4 is 5.73 Å². The smallest absolute Gasteiger partial charge is 0.137 e. The number of rotatable bonds is 2. The molecule has 0 spiro atoms. The van der Waals surface area contributed by atoms with Crippen molar-refractivity contribution < 1.29 is 0 Å². The van der Waals surface area contributed by atoms with Crippen LogP contribution in [0.25, 0.3) is 5.69 Å². The Bertz CT molecular complexity index is 476. The summed E-state index contributed by atoms with van der Waals surface area (Å²) in [6, 6.07) is 7.95. The van der Waals surface area contributed by atoms with E-state index in [4.69, 9.17) is 17.3 Å². The van der Waals surface area contributed by atoms with E-state index in [2.05, 4.69) is 5.10 Å². The molecule has 0 unspecified atom stereocenters. The van der Waals surface area contributed by atoms with Gasteiger partial charge < -0.3 is 5.73 Å². The Labute approximate surface area is 93.5 Å². The van der Waals surface area contributed by atoms with Crippen molar-refractivity contribution in [1.29, 1.82) is 0 Å². The van der Waals surface area contributed by atoms with Crippen LogP contribution in [0.15, 0.2) is 30.5 Å². The highest BCUT2D eigenvalue weighted by atomic mass is 35.5. The van der Waals surface area contributed by atoms with Crippen molar-refractivity contribution in [3.8, 4) is 5.69 Å². The van der Waals surface area contributed by atoms with Crippen molar-refractivity contribution in [1.82, 2.24) is 9.78 Å². The van der Waals surface area contributed by atoms with Gasteiger partial charge in [-0.3, -0.25) is 0 Å². The van der Waals surface area contributed by atoms with Crippen molar-refractivity contribution in [2.24, 2.45) is 5.73 Å². The zero-order chi connectivity index (χ0) is 10.8. The Hall–Kier alpha value is -1.32. The lowest BCUT2D eigenvalue weighted by atomic mass is 10.2. The molecule has 0 aliphatic heterocycles. The molecule has 2 N–H and O–H groups in total. The third kappa shape index (κ3) is 1.76. The first-order valence-electron chi connectivity index (χ1n) is 4.72. The quantitative estimate of drug-likeness (QED) is 0.846. The predicted molar refractivity (Wildman–Crippen MR) is 61.2 cm³/mol. The average Bonchev–Trinajstić information content (AvgIpc) is 2.60. The molecule has 4 heteroatoms. The molecule has 1 aromatic heterocycles. The summed E-state index contributed by atoms with van der Waals surface area (Å²) in [5.41, 5.74) is 8.52. The second kappa shape index (κ2) is 4.04. The van der Waals surface area contributed by atoms with E-state index in [9.17, 15) is 0 Å². The van der Waals surface area contributed by atoms with E-state index < -0.39 is 0 Å². The number of aryl methyl sites for hydroxylation is 1. The van der Waals surface area contributed by atoms with E-state index in [0.717, 1.165) is 16.8 Å². The average molecular weight is 222 g/mol. The van der Waals surface area contributed by atoms with Crippen LogP contribution in [-0.2, 0) is 6.54 Å². The maximum atomic E-state index is 6.15. The number of benzene rings is 1. The fourth-order valence-corrected chi connectivity index (χ4v) is 1.73. The van der Waals surface area contributed by atoms with Crippen LogP contribution in [-0.4, -0.2) is 9.78 Å². The maximum absolute atomic E-state index is 6.15. The van der Waals surface area contributed by atoms with Gasteiger partial charge in [0.2, 0.25) is 0 Å². The van der Waals surface area contributed by atoms with Crippen LogP contribution in [0, 0.1) is 6.92 Å². The van der Waals surface area contributed by atoms with Crippen LogP contribution in [0.4, 0.5) is 0 Å². The lowest BCUT2D eigenvalue weighted by Crippen LogP contribution is -2.00. The van der Waals surface area contributed by atoms with Crippen molar-refractivity contribution in [2.45, 2.75) is 13.5 Å². The summed E-state index contributed by atoms with van der Waals surface area (Å²) in [6.45, 7) is 2.43. The van der Waals surface area contributed by atoms with E-state index >= 15 is 0 Å². The highest BCUT2D eigenvalue weighted by Gasteiger charge is 2.09. The van der Waals surface area contributed by atoms with E-state index in [1.807, 2.05) is 31.2 Å². The minimum absolute atomic E-state index is 0.407. The second-order valence-corrected chi connectivity index (χ2v) is 3.72. The van der Waals surface area contributed by atoms with Gasteiger partial charge in [-0.25, -0.2) is 4.68 Å². The molecule has 3 nitrogen and oxygen atoms in total. The van der Waals surface area contributed by atoms with E-state index in [1.165, 1.54) is 0 Å². The molecule has 1 aromatic carbocycles. The lowest BCUT2D eigenvalue weighted by Gasteiger charge is -2.06. The first-order valence-corrected chi connectivity index (χ1v) is 5.10. The van der Waals surface area contributed by atoms with Gasteiger partial charge in [-0.15, -0.1) is 0 Å². The molecule has 1 heterocycles. The number of hydrogen-bond donors (Lipinski definition) is 1. The van der Waals surface area contributed by atoms with Gasteiger partial charge in [-0.2, -0.15) is 5.10 Å². The molecule has 0 aliphatic carbocycles. The van der Waals surface area contributed by atoms with Crippen molar-refractivity contribution in [2.75, 3.05) is 0 Å². The van der Waals surface area contributed by atoms with E-state index in [-0.39, 0.29) is 0 Å². The van der Waals surface area contributed by atoms with Gasteiger partial charge in [0.15, 0.2) is 0 Å². The third-order valence-corrected chi connectivity index (χ3v) is 2.75. The zero-order valence-electron chi connectivity index (χ0n) is 8.44. The molecular formula is C11H12ClN3. The number of para-hydroxylation sites is 1. The number of nitrogens with zero attached hydrogens (tertiary/aromatic N) is 2. The summed E-state index contributed by atoms with van der Waals surface area (Å²) >= 11 is 6.15. The monoisotopic (exact) mass is 221 g/mol. The molecule has 0 saturated carbocycles. The first kappa shape index (κ1) is 10.2. The summed E-state index contributed by atoms with van der Waals surface area (Å²) in [7, 11) is 0. The molecule has 0 aliphatic rings. The molecule has 2 rings (SSSR count). The normalized spacial score (nSPS) is 10.6. The van der Waals surface area contributed by atoms with Crippen LogP contribution in [0.3, 0.4) is 0 Å². The van der Waals surface area contributed by atoms with Gasteiger partial charge >= 0.3 is 0 Å². The summed E-state index contributed by atoms with van der Waals surface area (Å²) in [6.07, 6.45) is 1.70. The Balaban J connectivity index is 2.55. The minimum Gasteiger partial charge on any atom is -0.326 e. The van der Waals surface area contributed by atoms with Gasteiger partial charge in [0.1, 0.15) is 5.15 Å². The third-order valence-electron chi connectivity index (χ3n) is 2.34. The highest BCUT2D eigenvalue weighted by molar-refractivity contribution is 6.30. The standard InChI is InChI=1S/C11H12ClN3/c1-8-4-2-3-5-10(8)15-11(12)9(6-13)7-14-15/h2-5,7H,6,13H2,1H3. The fraction of sp³-hybridized carbons (Fsp3) is 0.182. The lowest BCUT2D eigenvalue weighted by molar-refractivity contribution is 0.872. The van der Waals surface area contributed by atoms with Crippen LogP contribution in [0.2, 0.25) is 5.15 Å². The van der Waals surface area contributed by atoms with Gasteiger partial charge in [0.25, 0.3) is 0 Å². The largest absolute Gasteiger partial charge is 0.326 e. The molecule has 0 amide bonds.